The van der Waals surface area contributed by atoms with Crippen molar-refractivity contribution in [3.63, 3.8) is 0 Å². The highest BCUT2D eigenvalue weighted by molar-refractivity contribution is 7.99. The molecular formula is C26H29N5O12S. The van der Waals surface area contributed by atoms with Crippen molar-refractivity contribution >= 4 is 53.0 Å². The number of esters is 1. The number of amides is 3. The number of carbonyl (C=O) groups is 5. The minimum atomic E-state index is -1.52. The first kappa shape index (κ1) is 34.9. The molecule has 0 saturated heterocycles. The van der Waals surface area contributed by atoms with E-state index in [1.165, 1.54) is 0 Å². The van der Waals surface area contributed by atoms with Crippen LogP contribution in [0.25, 0.3) is 0 Å². The summed E-state index contributed by atoms with van der Waals surface area (Å²) in [4.78, 5) is 81.7. The number of nitrogens with one attached hydrogen (secondary N) is 3. The molecule has 0 aliphatic carbocycles. The summed E-state index contributed by atoms with van der Waals surface area (Å²) in [7, 11) is 0. The Morgan fingerprint density at radius 3 is 2.27 bits per heavy atom. The van der Waals surface area contributed by atoms with Gasteiger partial charge in [-0.3, -0.25) is 34.6 Å². The summed E-state index contributed by atoms with van der Waals surface area (Å²) in [6, 6.07) is 8.62. The van der Waals surface area contributed by atoms with Crippen molar-refractivity contribution in [2.45, 2.75) is 43.4 Å². The average Bonchev–Trinajstić information content (AvgIpc) is 2.99. The maximum Gasteiger partial charge on any atom is 0.408 e. The number of hydrogen-bond donors (Lipinski definition) is 4. The Hall–Kier alpha value is -5.26. The molecule has 0 aromatic heterocycles. The number of ether oxygens (including phenoxy) is 2. The summed E-state index contributed by atoms with van der Waals surface area (Å²) in [6.07, 6.45) is -1.89. The van der Waals surface area contributed by atoms with Crippen molar-refractivity contribution < 1.29 is 48.4 Å². The van der Waals surface area contributed by atoms with Crippen LogP contribution in [0.2, 0.25) is 0 Å². The molecule has 0 heterocycles. The normalized spacial score (nSPS) is 11.8. The summed E-state index contributed by atoms with van der Waals surface area (Å²) in [5.74, 6) is -4.20. The lowest BCUT2D eigenvalue weighted by Gasteiger charge is -2.19. The number of aliphatic carboxylic acids is 1. The molecule has 0 radical (unpaired) electrons. The number of hydrogen-bond acceptors (Lipinski definition) is 12. The minimum Gasteiger partial charge on any atom is -0.480 e. The van der Waals surface area contributed by atoms with Gasteiger partial charge in [0.2, 0.25) is 11.8 Å². The number of nitro benzene ring substituents is 2. The molecule has 2 atom stereocenters. The molecule has 18 heteroatoms. The van der Waals surface area contributed by atoms with Crippen molar-refractivity contribution in [1.82, 2.24) is 16.0 Å². The predicted molar refractivity (Wildman–Crippen MR) is 152 cm³/mol. The van der Waals surface area contributed by atoms with E-state index in [2.05, 4.69) is 16.0 Å². The van der Waals surface area contributed by atoms with Gasteiger partial charge in [-0.15, -0.1) is 11.8 Å². The van der Waals surface area contributed by atoms with Gasteiger partial charge in [-0.2, -0.15) is 0 Å². The highest BCUT2D eigenvalue weighted by Crippen LogP contribution is 2.32. The number of nitro groups is 2. The van der Waals surface area contributed by atoms with Crippen LogP contribution in [0.3, 0.4) is 0 Å². The Bertz CT molecular complexity index is 1370. The molecule has 44 heavy (non-hydrogen) atoms. The van der Waals surface area contributed by atoms with Crippen molar-refractivity contribution in [2.24, 2.45) is 0 Å². The molecule has 2 aromatic carbocycles. The second-order valence-corrected chi connectivity index (χ2v) is 9.82. The van der Waals surface area contributed by atoms with Gasteiger partial charge in [0.15, 0.2) is 0 Å². The second-order valence-electron chi connectivity index (χ2n) is 8.76. The second kappa shape index (κ2) is 17.6. The third-order valence-corrected chi connectivity index (χ3v) is 6.74. The molecule has 4 N–H and O–H groups in total. The summed E-state index contributed by atoms with van der Waals surface area (Å²) in [6.45, 7) is 0.940. The van der Waals surface area contributed by atoms with E-state index in [1.807, 2.05) is 0 Å². The molecule has 2 aromatic rings. The molecule has 0 bridgehead atoms. The average molecular weight is 636 g/mol. The Labute approximate surface area is 254 Å². The van der Waals surface area contributed by atoms with Crippen molar-refractivity contribution in [3.05, 3.63) is 74.3 Å². The van der Waals surface area contributed by atoms with Gasteiger partial charge in [-0.1, -0.05) is 30.3 Å². The van der Waals surface area contributed by atoms with E-state index in [0.29, 0.717) is 5.56 Å². The first-order valence-corrected chi connectivity index (χ1v) is 13.9. The van der Waals surface area contributed by atoms with E-state index in [0.717, 1.165) is 30.0 Å². The van der Waals surface area contributed by atoms with E-state index >= 15 is 0 Å². The van der Waals surface area contributed by atoms with Gasteiger partial charge in [-0.05, 0) is 25.0 Å². The number of thioether (sulfide) groups is 1. The number of alkyl carbamates (subject to hydrolysis) is 1. The molecule has 0 unspecified atom stereocenters. The van der Waals surface area contributed by atoms with Crippen LogP contribution in [0.4, 0.5) is 16.2 Å². The fraction of sp³-hybridized carbons (Fsp3) is 0.346. The summed E-state index contributed by atoms with van der Waals surface area (Å²) in [5, 5.41) is 38.8. The van der Waals surface area contributed by atoms with Gasteiger partial charge in [0, 0.05) is 18.2 Å². The largest absolute Gasteiger partial charge is 0.480 e. The highest BCUT2D eigenvalue weighted by atomic mass is 32.2. The van der Waals surface area contributed by atoms with E-state index < -0.39 is 76.1 Å². The summed E-state index contributed by atoms with van der Waals surface area (Å²) in [5.41, 5.74) is -0.461. The zero-order valence-corrected chi connectivity index (χ0v) is 24.1. The van der Waals surface area contributed by atoms with Crippen LogP contribution in [0.1, 0.15) is 25.3 Å². The van der Waals surface area contributed by atoms with Gasteiger partial charge < -0.3 is 30.5 Å². The number of carboxylic acid groups (broad SMARTS) is 1. The molecule has 3 amide bonds. The lowest BCUT2D eigenvalue weighted by molar-refractivity contribution is -0.396. The number of benzene rings is 2. The van der Waals surface area contributed by atoms with Crippen LogP contribution in [0.5, 0.6) is 0 Å². The van der Waals surface area contributed by atoms with Gasteiger partial charge in [-0.25, -0.2) is 9.59 Å². The van der Waals surface area contributed by atoms with Crippen molar-refractivity contribution in [1.29, 1.82) is 0 Å². The van der Waals surface area contributed by atoms with Crippen LogP contribution in [0.15, 0.2) is 53.4 Å². The van der Waals surface area contributed by atoms with Gasteiger partial charge in [0.1, 0.15) is 25.2 Å². The predicted octanol–water partition coefficient (Wildman–Crippen LogP) is 1.92. The first-order valence-electron chi connectivity index (χ1n) is 12.9. The number of nitrogens with zero attached hydrogens (tertiary/aromatic N) is 2. The van der Waals surface area contributed by atoms with Gasteiger partial charge in [0.05, 0.1) is 27.4 Å². The maximum atomic E-state index is 12.8. The number of rotatable bonds is 17. The Morgan fingerprint density at radius 1 is 0.955 bits per heavy atom. The molecule has 17 nitrogen and oxygen atoms in total. The molecule has 0 aliphatic heterocycles. The van der Waals surface area contributed by atoms with Gasteiger partial charge in [0.25, 0.3) is 11.4 Å². The molecule has 0 spiro atoms. The quantitative estimate of drug-likeness (QED) is 0.0840. The summed E-state index contributed by atoms with van der Waals surface area (Å²) < 4.78 is 9.74. The molecule has 2 rings (SSSR count). The Morgan fingerprint density at radius 2 is 1.66 bits per heavy atom. The number of carboxylic acids is 1. The Kier molecular flexibility index (Phi) is 14.0. The highest BCUT2D eigenvalue weighted by Gasteiger charge is 2.27. The lowest BCUT2D eigenvalue weighted by Crippen LogP contribution is -2.50. The monoisotopic (exact) mass is 635 g/mol. The summed E-state index contributed by atoms with van der Waals surface area (Å²) >= 11 is 0.736. The molecule has 0 saturated carbocycles. The fourth-order valence-electron chi connectivity index (χ4n) is 3.44. The van der Waals surface area contributed by atoms with Gasteiger partial charge >= 0.3 is 18.0 Å². The van der Waals surface area contributed by atoms with Crippen LogP contribution >= 0.6 is 11.8 Å². The number of carbonyl (C=O) groups excluding carboxylic acids is 4. The topological polar surface area (TPSA) is 246 Å². The SMILES string of the molecule is CCOC(=O)CNC(=O)[C@H](CSc1ccc([N+](=O)[O-])cc1[N+](=O)[O-])NC(=O)CC[C@H](NC(=O)OCc1ccccc1)C(=O)O. The van der Waals surface area contributed by atoms with Crippen LogP contribution in [-0.2, 0) is 35.3 Å². The van der Waals surface area contributed by atoms with Crippen LogP contribution in [0, 0.1) is 20.2 Å². The van der Waals surface area contributed by atoms with E-state index in [1.54, 1.807) is 37.3 Å². The fourth-order valence-corrected chi connectivity index (χ4v) is 4.47. The van der Waals surface area contributed by atoms with Crippen LogP contribution in [-0.4, -0.2) is 75.8 Å². The Balaban J connectivity index is 2.06. The zero-order valence-electron chi connectivity index (χ0n) is 23.3. The van der Waals surface area contributed by atoms with Crippen molar-refractivity contribution in [2.75, 3.05) is 18.9 Å². The molecule has 0 aliphatic rings. The zero-order chi connectivity index (χ0) is 32.6. The third-order valence-electron chi connectivity index (χ3n) is 5.58. The van der Waals surface area contributed by atoms with E-state index in [4.69, 9.17) is 9.47 Å². The number of non-ortho nitro benzene ring substituents is 1. The van der Waals surface area contributed by atoms with E-state index in [9.17, 15) is 49.3 Å². The molecule has 0 fully saturated rings. The smallest absolute Gasteiger partial charge is 0.408 e. The first-order chi connectivity index (χ1) is 20.9. The minimum absolute atomic E-state index is 0.0396. The van der Waals surface area contributed by atoms with E-state index in [-0.39, 0.29) is 30.3 Å². The van der Waals surface area contributed by atoms with Crippen molar-refractivity contribution in [3.8, 4) is 0 Å². The lowest BCUT2D eigenvalue weighted by atomic mass is 10.1. The maximum absolute atomic E-state index is 12.8. The third kappa shape index (κ3) is 11.9. The molecular weight excluding hydrogens is 606 g/mol. The standard InChI is InChI=1S/C26H29N5O12S/c1-2-42-23(33)13-27-24(34)19(15-44-21-10-8-17(30(38)39)12-20(21)31(40)41)28-22(32)11-9-18(25(35)36)29-26(37)43-14-16-6-4-3-5-7-16/h3-8,10,12,18-19H,2,9,11,13-15H2,1H3,(H,27,34)(H,28,32)(H,29,37)(H,35,36)/t18-,19-/m0/s1. The van der Waals surface area contributed by atoms with Crippen LogP contribution < -0.4 is 16.0 Å². The molecule has 236 valence electrons.